The molecule has 1 aromatic heterocycles. The van der Waals surface area contributed by atoms with Gasteiger partial charge < -0.3 is 9.47 Å². The van der Waals surface area contributed by atoms with Gasteiger partial charge in [0.2, 0.25) is 5.88 Å². The first kappa shape index (κ1) is 24.9. The van der Waals surface area contributed by atoms with Crippen LogP contribution in [0.25, 0.3) is 16.8 Å². The van der Waals surface area contributed by atoms with E-state index in [1.807, 2.05) is 48.5 Å². The van der Waals surface area contributed by atoms with Crippen LogP contribution in [0.4, 0.5) is 0 Å². The summed E-state index contributed by atoms with van der Waals surface area (Å²) in [6.45, 7) is 4.51. The second-order valence-electron chi connectivity index (χ2n) is 9.53. The van der Waals surface area contributed by atoms with Crippen molar-refractivity contribution in [1.29, 1.82) is 0 Å². The van der Waals surface area contributed by atoms with Crippen LogP contribution in [0.1, 0.15) is 43.9 Å². The summed E-state index contributed by atoms with van der Waals surface area (Å²) in [5, 5.41) is 1.70. The number of pyridine rings is 1. The molecule has 0 radical (unpaired) electrons. The van der Waals surface area contributed by atoms with Gasteiger partial charge in [0.15, 0.2) is 0 Å². The molecule has 1 aliphatic heterocycles. The van der Waals surface area contributed by atoms with E-state index in [2.05, 4.69) is 24.9 Å². The van der Waals surface area contributed by atoms with Crippen molar-refractivity contribution in [2.75, 3.05) is 6.61 Å². The summed E-state index contributed by atoms with van der Waals surface area (Å²) in [5.74, 6) is 0.106. The Kier molecular flexibility index (Phi) is 6.86. The number of halogens is 3. The zero-order chi connectivity index (χ0) is 25.4. The number of carbonyl (C=O) groups is 1. The average Bonchev–Trinajstić information content (AvgIpc) is 2.83. The van der Waals surface area contributed by atoms with E-state index in [-0.39, 0.29) is 11.4 Å². The van der Waals surface area contributed by atoms with Gasteiger partial charge in [0.25, 0.3) is 0 Å². The van der Waals surface area contributed by atoms with Gasteiger partial charge in [-0.1, -0.05) is 72.9 Å². The fraction of sp³-hybridized carbons (Fsp3) is 0.241. The van der Waals surface area contributed by atoms with Crippen LogP contribution in [-0.4, -0.2) is 17.6 Å². The summed E-state index contributed by atoms with van der Waals surface area (Å²) in [4.78, 5) is 18.3. The summed E-state index contributed by atoms with van der Waals surface area (Å²) in [7, 11) is 0. The number of benzene rings is 2. The molecule has 0 spiro atoms. The molecule has 0 N–H and O–H groups in total. The van der Waals surface area contributed by atoms with E-state index in [1.165, 1.54) is 0 Å². The van der Waals surface area contributed by atoms with E-state index in [4.69, 9.17) is 44.3 Å². The van der Waals surface area contributed by atoms with Crippen LogP contribution in [0.5, 0.6) is 5.88 Å². The van der Waals surface area contributed by atoms with Gasteiger partial charge in [0.05, 0.1) is 28.5 Å². The molecule has 0 saturated carbocycles. The number of carbonyl (C=O) groups excluding carboxylic acids is 1. The fourth-order valence-corrected chi connectivity index (χ4v) is 5.30. The number of aromatic nitrogens is 1. The van der Waals surface area contributed by atoms with E-state index in [0.29, 0.717) is 45.2 Å². The molecule has 2 aliphatic rings. The summed E-state index contributed by atoms with van der Waals surface area (Å²) in [5.41, 5.74) is 4.19. The Balaban J connectivity index is 1.47. The Labute approximate surface area is 225 Å². The Morgan fingerprint density at radius 3 is 2.53 bits per heavy atom. The topological polar surface area (TPSA) is 48.4 Å². The molecule has 184 valence electrons. The molecule has 2 aromatic carbocycles. The Bertz CT molecular complexity index is 1390. The second-order valence-corrected chi connectivity index (χ2v) is 10.8. The zero-order valence-electron chi connectivity index (χ0n) is 19.9. The van der Waals surface area contributed by atoms with Gasteiger partial charge in [-0.3, -0.25) is 0 Å². The molecule has 0 amide bonds. The molecule has 4 nitrogen and oxygen atoms in total. The lowest BCUT2D eigenvalue weighted by Crippen LogP contribution is -2.28. The minimum absolute atomic E-state index is 0.336. The quantitative estimate of drug-likeness (QED) is 0.311. The van der Waals surface area contributed by atoms with Crippen LogP contribution in [0.3, 0.4) is 0 Å². The van der Waals surface area contributed by atoms with E-state index in [0.717, 1.165) is 28.7 Å². The lowest BCUT2D eigenvalue weighted by molar-refractivity contribution is -0.147. The van der Waals surface area contributed by atoms with Crippen molar-refractivity contribution < 1.29 is 14.3 Å². The van der Waals surface area contributed by atoms with Gasteiger partial charge in [-0.05, 0) is 60.0 Å². The largest absolute Gasteiger partial charge is 0.477 e. The van der Waals surface area contributed by atoms with Gasteiger partial charge >= 0.3 is 5.97 Å². The summed E-state index contributed by atoms with van der Waals surface area (Å²) in [6.07, 6.45) is 4.90. The molecule has 0 bridgehead atoms. The molecule has 0 fully saturated rings. The van der Waals surface area contributed by atoms with Crippen molar-refractivity contribution in [2.24, 2.45) is 5.41 Å². The highest BCUT2D eigenvalue weighted by atomic mass is 35.5. The number of nitrogens with zero attached hydrogens (tertiary/aromatic N) is 1. The molecule has 5 rings (SSSR count). The minimum Gasteiger partial charge on any atom is -0.477 e. The normalized spacial score (nSPS) is 18.4. The molecule has 0 saturated heterocycles. The Morgan fingerprint density at radius 2 is 1.78 bits per heavy atom. The third-order valence-electron chi connectivity index (χ3n) is 6.53. The van der Waals surface area contributed by atoms with Crippen LogP contribution >= 0.6 is 34.8 Å². The predicted octanol–water partition coefficient (Wildman–Crippen LogP) is 8.52. The third-order valence-corrected chi connectivity index (χ3v) is 7.33. The first-order valence-electron chi connectivity index (χ1n) is 11.7. The Morgan fingerprint density at radius 1 is 1.03 bits per heavy atom. The number of hydrogen-bond acceptors (Lipinski definition) is 4. The molecule has 36 heavy (non-hydrogen) atoms. The van der Waals surface area contributed by atoms with Crippen molar-refractivity contribution in [1.82, 2.24) is 4.98 Å². The van der Waals surface area contributed by atoms with Crippen LogP contribution < -0.4 is 4.74 Å². The van der Waals surface area contributed by atoms with Crippen molar-refractivity contribution in [3.63, 3.8) is 0 Å². The predicted molar refractivity (Wildman–Crippen MR) is 145 cm³/mol. The lowest BCUT2D eigenvalue weighted by atomic mass is 9.74. The second kappa shape index (κ2) is 9.93. The van der Waals surface area contributed by atoms with Gasteiger partial charge in [-0.15, -0.1) is 0 Å². The molecular weight excluding hydrogens is 517 g/mol. The fourth-order valence-electron chi connectivity index (χ4n) is 4.67. The first-order valence-corrected chi connectivity index (χ1v) is 12.8. The highest BCUT2D eigenvalue weighted by molar-refractivity contribution is 6.36. The van der Waals surface area contributed by atoms with Crippen LogP contribution in [0, 0.1) is 5.41 Å². The molecule has 1 aliphatic carbocycles. The van der Waals surface area contributed by atoms with Crippen LogP contribution in [0.15, 0.2) is 72.3 Å². The summed E-state index contributed by atoms with van der Waals surface area (Å²) >= 11 is 18.5. The number of allylic oxidation sites excluding steroid dienone is 3. The first-order chi connectivity index (χ1) is 17.2. The summed E-state index contributed by atoms with van der Waals surface area (Å²) in [6, 6.07) is 16.5. The van der Waals surface area contributed by atoms with Gasteiger partial charge in [0.1, 0.15) is 6.10 Å². The summed E-state index contributed by atoms with van der Waals surface area (Å²) < 4.78 is 12.0. The SMILES string of the molecule is CC1(C)CC=CC(c2ccc(Cl)cc2)=C1C(=O)O[C@@H]1CCOc2nc(-c3ccc(Cl)cc3Cl)ccc21. The minimum atomic E-state index is -0.468. The highest BCUT2D eigenvalue weighted by Crippen LogP contribution is 2.43. The van der Waals surface area contributed by atoms with Crippen molar-refractivity contribution in [3.8, 4) is 17.1 Å². The highest BCUT2D eigenvalue weighted by Gasteiger charge is 2.36. The molecule has 1 atom stereocenters. The number of fused-ring (bicyclic) bond motifs is 1. The third kappa shape index (κ3) is 4.90. The standard InChI is InChI=1S/C29H24Cl3NO3/c1-29(2)14-3-4-20(17-5-7-18(30)8-6-17)26(29)28(34)36-25-13-15-35-27-22(25)11-12-24(33-27)21-10-9-19(31)16-23(21)32/h3-12,16,25H,13-15H2,1-2H3/t25-/m1/s1. The van der Waals surface area contributed by atoms with Crippen molar-refractivity contribution in [3.05, 3.63) is 98.5 Å². The van der Waals surface area contributed by atoms with Gasteiger partial charge in [-0.25, -0.2) is 9.78 Å². The molecule has 0 unspecified atom stereocenters. The molecule has 2 heterocycles. The monoisotopic (exact) mass is 539 g/mol. The van der Waals surface area contributed by atoms with E-state index in [1.54, 1.807) is 12.1 Å². The van der Waals surface area contributed by atoms with Crippen LogP contribution in [0.2, 0.25) is 15.1 Å². The van der Waals surface area contributed by atoms with Crippen molar-refractivity contribution in [2.45, 2.75) is 32.8 Å². The maximum atomic E-state index is 13.7. The smallest absolute Gasteiger partial charge is 0.335 e. The van der Waals surface area contributed by atoms with Crippen molar-refractivity contribution >= 4 is 46.3 Å². The number of rotatable bonds is 4. The number of esters is 1. The van der Waals surface area contributed by atoms with E-state index >= 15 is 0 Å². The lowest BCUT2D eigenvalue weighted by Gasteiger charge is -2.33. The van der Waals surface area contributed by atoms with E-state index < -0.39 is 6.10 Å². The molecule has 3 aromatic rings. The van der Waals surface area contributed by atoms with Gasteiger partial charge in [-0.2, -0.15) is 0 Å². The maximum Gasteiger partial charge on any atom is 0.335 e. The average molecular weight is 541 g/mol. The Hall–Kier alpha value is -2.79. The zero-order valence-corrected chi connectivity index (χ0v) is 22.1. The molecule has 7 heteroatoms. The number of ether oxygens (including phenoxy) is 2. The number of hydrogen-bond donors (Lipinski definition) is 0. The van der Waals surface area contributed by atoms with Gasteiger partial charge in [0, 0.05) is 27.4 Å². The molecular formula is C29H24Cl3NO3. The van der Waals surface area contributed by atoms with E-state index in [9.17, 15) is 4.79 Å². The van der Waals surface area contributed by atoms with Crippen LogP contribution in [-0.2, 0) is 9.53 Å². The maximum absolute atomic E-state index is 13.7.